The van der Waals surface area contributed by atoms with Gasteiger partial charge in [-0.25, -0.2) is 4.68 Å². The Bertz CT molecular complexity index is 759. The molecule has 2 aliphatic rings. The van der Waals surface area contributed by atoms with Gasteiger partial charge in [-0.3, -0.25) is 4.79 Å². The van der Waals surface area contributed by atoms with Gasteiger partial charge in [0.15, 0.2) is 6.54 Å². The van der Waals surface area contributed by atoms with Crippen molar-refractivity contribution in [2.24, 2.45) is 0 Å². The number of aromatic nitrogens is 2. The van der Waals surface area contributed by atoms with E-state index in [-0.39, 0.29) is 11.7 Å². The number of phenols is 1. The third-order valence-electron chi connectivity index (χ3n) is 5.70. The van der Waals surface area contributed by atoms with Gasteiger partial charge in [-0.05, 0) is 37.1 Å². The maximum Gasteiger partial charge on any atom is 0.280 e. The highest BCUT2D eigenvalue weighted by atomic mass is 16.3. The smallest absolute Gasteiger partial charge is 0.280 e. The van der Waals surface area contributed by atoms with Crippen LogP contribution in [0, 0.1) is 0 Å². The summed E-state index contributed by atoms with van der Waals surface area (Å²) >= 11 is 0. The zero-order chi connectivity index (χ0) is 18.6. The van der Waals surface area contributed by atoms with Crippen LogP contribution in [0.1, 0.15) is 31.7 Å². The molecule has 0 atom stereocenters. The van der Waals surface area contributed by atoms with Gasteiger partial charge in [0.05, 0.1) is 38.4 Å². The number of nitrogens with zero attached hydrogens (tertiary/aromatic N) is 3. The van der Waals surface area contributed by atoms with Gasteiger partial charge in [-0.15, -0.1) is 0 Å². The van der Waals surface area contributed by atoms with E-state index in [0.717, 1.165) is 50.5 Å². The molecule has 0 spiro atoms. The Hall–Kier alpha value is -2.54. The van der Waals surface area contributed by atoms with E-state index in [9.17, 15) is 9.90 Å². The first-order valence-electron chi connectivity index (χ1n) is 9.90. The number of hydrogen-bond donors (Lipinski definition) is 3. The van der Waals surface area contributed by atoms with Crippen LogP contribution >= 0.6 is 0 Å². The van der Waals surface area contributed by atoms with E-state index in [0.29, 0.717) is 12.6 Å². The SMILES string of the molecule is O=C(C[NH+]1CCN(c2ccc(O)cc2)CC1)Nc1ccnn1C1CCCC1. The van der Waals surface area contributed by atoms with Crippen LogP contribution in [0.2, 0.25) is 0 Å². The van der Waals surface area contributed by atoms with Crippen LogP contribution in [-0.4, -0.2) is 53.5 Å². The van der Waals surface area contributed by atoms with E-state index >= 15 is 0 Å². The highest BCUT2D eigenvalue weighted by Crippen LogP contribution is 2.31. The van der Waals surface area contributed by atoms with Crippen LogP contribution in [0.5, 0.6) is 5.75 Å². The molecule has 1 aliphatic heterocycles. The molecule has 3 N–H and O–H groups in total. The van der Waals surface area contributed by atoms with E-state index in [1.807, 2.05) is 22.9 Å². The molecule has 1 aliphatic carbocycles. The van der Waals surface area contributed by atoms with Gasteiger partial charge in [0, 0.05) is 11.8 Å². The van der Waals surface area contributed by atoms with Crippen molar-refractivity contribution in [3.8, 4) is 5.75 Å². The summed E-state index contributed by atoms with van der Waals surface area (Å²) in [6.45, 7) is 4.16. The van der Waals surface area contributed by atoms with Gasteiger partial charge in [-0.2, -0.15) is 5.10 Å². The summed E-state index contributed by atoms with van der Waals surface area (Å²) in [5.74, 6) is 1.17. The molecule has 1 amide bonds. The number of hydrogen-bond acceptors (Lipinski definition) is 4. The molecule has 0 bridgehead atoms. The molecular formula is C20H28N5O2+. The molecule has 4 rings (SSSR count). The molecule has 0 unspecified atom stereocenters. The van der Waals surface area contributed by atoms with Crippen LogP contribution in [0.3, 0.4) is 0 Å². The zero-order valence-corrected chi connectivity index (χ0v) is 15.6. The molecule has 2 fully saturated rings. The molecule has 2 heterocycles. The molecule has 0 radical (unpaired) electrons. The van der Waals surface area contributed by atoms with Crippen LogP contribution in [-0.2, 0) is 4.79 Å². The standard InChI is InChI=1S/C20H27N5O2/c26-18-7-5-16(6-8-18)24-13-11-23(12-14-24)15-20(27)22-19-9-10-21-25(19)17-3-1-2-4-17/h5-10,17,26H,1-4,11-15H2,(H,22,27)/p+1. The lowest BCUT2D eigenvalue weighted by molar-refractivity contribution is -0.892. The fraction of sp³-hybridized carbons (Fsp3) is 0.500. The maximum atomic E-state index is 12.5. The lowest BCUT2D eigenvalue weighted by Gasteiger charge is -2.33. The van der Waals surface area contributed by atoms with Crippen LogP contribution < -0.4 is 15.1 Å². The fourth-order valence-electron chi connectivity index (χ4n) is 4.19. The fourth-order valence-corrected chi connectivity index (χ4v) is 4.19. The zero-order valence-electron chi connectivity index (χ0n) is 15.6. The van der Waals surface area contributed by atoms with Crippen LogP contribution in [0.4, 0.5) is 11.5 Å². The maximum absolute atomic E-state index is 12.5. The largest absolute Gasteiger partial charge is 0.508 e. The van der Waals surface area contributed by atoms with Crippen molar-refractivity contribution in [2.45, 2.75) is 31.7 Å². The molecule has 1 aromatic carbocycles. The Morgan fingerprint density at radius 2 is 1.85 bits per heavy atom. The van der Waals surface area contributed by atoms with Gasteiger partial charge < -0.3 is 20.2 Å². The Labute approximate surface area is 159 Å². The number of carbonyl (C=O) groups excluding carboxylic acids is 1. The Morgan fingerprint density at radius 3 is 2.56 bits per heavy atom. The number of aromatic hydroxyl groups is 1. The molecule has 1 saturated carbocycles. The summed E-state index contributed by atoms with van der Waals surface area (Å²) in [4.78, 5) is 16.1. The van der Waals surface area contributed by atoms with Crippen molar-refractivity contribution in [1.82, 2.24) is 9.78 Å². The van der Waals surface area contributed by atoms with Crippen molar-refractivity contribution in [3.63, 3.8) is 0 Å². The molecule has 1 aromatic heterocycles. The van der Waals surface area contributed by atoms with E-state index in [1.54, 1.807) is 18.3 Å². The topological polar surface area (TPSA) is 74.8 Å². The van der Waals surface area contributed by atoms with E-state index in [1.165, 1.54) is 17.7 Å². The second-order valence-electron chi connectivity index (χ2n) is 7.58. The number of benzene rings is 1. The summed E-state index contributed by atoms with van der Waals surface area (Å²) in [5, 5.41) is 16.9. The quantitative estimate of drug-likeness (QED) is 0.735. The van der Waals surface area contributed by atoms with Gasteiger partial charge in [0.2, 0.25) is 0 Å². The van der Waals surface area contributed by atoms with E-state index in [2.05, 4.69) is 15.3 Å². The molecule has 7 heteroatoms. The van der Waals surface area contributed by atoms with E-state index in [4.69, 9.17) is 0 Å². The van der Waals surface area contributed by atoms with Gasteiger partial charge >= 0.3 is 0 Å². The summed E-state index contributed by atoms with van der Waals surface area (Å²) in [5.41, 5.74) is 1.12. The van der Waals surface area contributed by atoms with E-state index < -0.39 is 0 Å². The van der Waals surface area contributed by atoms with Crippen molar-refractivity contribution in [2.75, 3.05) is 42.9 Å². The highest BCUT2D eigenvalue weighted by molar-refractivity contribution is 5.90. The summed E-state index contributed by atoms with van der Waals surface area (Å²) in [6.07, 6.45) is 6.56. The first-order valence-corrected chi connectivity index (χ1v) is 9.90. The third kappa shape index (κ3) is 4.24. The molecule has 2 aromatic rings. The number of carbonyl (C=O) groups is 1. The highest BCUT2D eigenvalue weighted by Gasteiger charge is 2.24. The molecule has 27 heavy (non-hydrogen) atoms. The van der Waals surface area contributed by atoms with Crippen LogP contribution in [0.25, 0.3) is 0 Å². The molecular weight excluding hydrogens is 342 g/mol. The van der Waals surface area contributed by atoms with Crippen molar-refractivity contribution >= 4 is 17.4 Å². The van der Waals surface area contributed by atoms with Crippen LogP contribution in [0.15, 0.2) is 36.5 Å². The summed E-state index contributed by atoms with van der Waals surface area (Å²) in [7, 11) is 0. The minimum absolute atomic E-state index is 0.0582. The normalized spacial score (nSPS) is 18.7. The summed E-state index contributed by atoms with van der Waals surface area (Å²) < 4.78 is 1.99. The third-order valence-corrected chi connectivity index (χ3v) is 5.70. The second kappa shape index (κ2) is 8.00. The number of amides is 1. The second-order valence-corrected chi connectivity index (χ2v) is 7.58. The minimum atomic E-state index is 0.0582. The average Bonchev–Trinajstić information content (AvgIpc) is 3.34. The molecule has 1 saturated heterocycles. The predicted octanol–water partition coefficient (Wildman–Crippen LogP) is 1.05. The number of anilines is 2. The monoisotopic (exact) mass is 370 g/mol. The Kier molecular flexibility index (Phi) is 5.29. The first-order chi connectivity index (χ1) is 13.2. The lowest BCUT2D eigenvalue weighted by atomic mass is 10.2. The minimum Gasteiger partial charge on any atom is -0.508 e. The number of quaternary nitrogens is 1. The number of piperazine rings is 1. The number of nitrogens with one attached hydrogen (secondary N) is 2. The number of rotatable bonds is 5. The summed E-state index contributed by atoms with van der Waals surface area (Å²) in [6, 6.07) is 9.64. The van der Waals surface area contributed by atoms with Crippen molar-refractivity contribution in [1.29, 1.82) is 0 Å². The number of phenolic OH excluding ortho intramolecular Hbond substituents is 1. The molecule has 144 valence electrons. The van der Waals surface area contributed by atoms with Gasteiger partial charge in [0.25, 0.3) is 5.91 Å². The van der Waals surface area contributed by atoms with Gasteiger partial charge in [-0.1, -0.05) is 12.8 Å². The lowest BCUT2D eigenvalue weighted by Crippen LogP contribution is -3.15. The molecule has 7 nitrogen and oxygen atoms in total. The Balaban J connectivity index is 1.27. The van der Waals surface area contributed by atoms with Crippen molar-refractivity contribution < 1.29 is 14.8 Å². The first kappa shape index (κ1) is 17.9. The predicted molar refractivity (Wildman–Crippen MR) is 104 cm³/mol. The Morgan fingerprint density at radius 1 is 1.15 bits per heavy atom. The average molecular weight is 370 g/mol. The van der Waals surface area contributed by atoms with Gasteiger partial charge in [0.1, 0.15) is 11.6 Å². The van der Waals surface area contributed by atoms with Crippen molar-refractivity contribution in [3.05, 3.63) is 36.5 Å².